The van der Waals surface area contributed by atoms with Crippen LogP contribution in [0.2, 0.25) is 0 Å². The highest BCUT2D eigenvalue weighted by Crippen LogP contribution is 2.43. The van der Waals surface area contributed by atoms with Crippen molar-refractivity contribution >= 4 is 34.7 Å². The summed E-state index contributed by atoms with van der Waals surface area (Å²) >= 11 is 0. The van der Waals surface area contributed by atoms with Gasteiger partial charge in [-0.25, -0.2) is 8.78 Å². The molecule has 6 nitrogen and oxygen atoms in total. The summed E-state index contributed by atoms with van der Waals surface area (Å²) in [5.41, 5.74) is 7.93. The topological polar surface area (TPSA) is 92.5 Å². The number of benzene rings is 4. The van der Waals surface area contributed by atoms with E-state index in [-0.39, 0.29) is 29.3 Å². The predicted octanol–water partition coefficient (Wildman–Crippen LogP) is 6.16. The third-order valence-electron chi connectivity index (χ3n) is 6.71. The fourth-order valence-corrected chi connectivity index (χ4v) is 4.78. The summed E-state index contributed by atoms with van der Waals surface area (Å²) in [5.74, 6) is -5.15. The molecule has 0 saturated heterocycles. The first-order valence-corrected chi connectivity index (χ1v) is 12.6. The number of nitrogens with zero attached hydrogens (tertiary/aromatic N) is 1. The van der Waals surface area contributed by atoms with Gasteiger partial charge in [-0.05, 0) is 47.5 Å². The van der Waals surface area contributed by atoms with E-state index in [1.807, 2.05) is 42.5 Å². The van der Waals surface area contributed by atoms with E-state index in [0.717, 1.165) is 17.2 Å². The van der Waals surface area contributed by atoms with E-state index < -0.39 is 29.7 Å². The van der Waals surface area contributed by atoms with Crippen molar-refractivity contribution in [2.45, 2.75) is 12.3 Å². The highest BCUT2D eigenvalue weighted by atomic mass is 19.3. The van der Waals surface area contributed by atoms with Gasteiger partial charge in [-0.3, -0.25) is 14.4 Å². The number of allylic oxidation sites excluding steroid dienone is 1. The summed E-state index contributed by atoms with van der Waals surface area (Å²) in [5, 5.41) is 2.86. The lowest BCUT2D eigenvalue weighted by Crippen LogP contribution is -2.33. The highest BCUT2D eigenvalue weighted by molar-refractivity contribution is 6.10. The molecule has 5 rings (SSSR count). The number of hydrogen-bond donors (Lipinski definition) is 2. The number of amides is 3. The fourth-order valence-electron chi connectivity index (χ4n) is 4.78. The SMILES string of the molecule is NC(=O)/C=C1/c2ccccc2N(C(=O)c2ccc(NC(=O)c3ccccc3-c3ccccc3)cc2)CCC1(F)F. The van der Waals surface area contributed by atoms with Crippen molar-refractivity contribution in [2.24, 2.45) is 5.73 Å². The predicted molar refractivity (Wildman–Crippen MR) is 151 cm³/mol. The summed E-state index contributed by atoms with van der Waals surface area (Å²) in [6, 6.07) is 29.3. The summed E-state index contributed by atoms with van der Waals surface area (Å²) in [7, 11) is 0. The fraction of sp³-hybridized carbons (Fsp3) is 0.0938. The number of para-hydroxylation sites is 1. The first-order chi connectivity index (χ1) is 19.2. The van der Waals surface area contributed by atoms with Crippen molar-refractivity contribution in [1.29, 1.82) is 0 Å². The molecule has 40 heavy (non-hydrogen) atoms. The van der Waals surface area contributed by atoms with Gasteiger partial charge in [0.05, 0.1) is 5.69 Å². The molecule has 0 bridgehead atoms. The molecule has 3 N–H and O–H groups in total. The van der Waals surface area contributed by atoms with Gasteiger partial charge in [0.2, 0.25) is 5.91 Å². The molecule has 1 aliphatic rings. The maximum atomic E-state index is 15.0. The van der Waals surface area contributed by atoms with Crippen LogP contribution < -0.4 is 16.0 Å². The van der Waals surface area contributed by atoms with Crippen molar-refractivity contribution in [3.63, 3.8) is 0 Å². The van der Waals surface area contributed by atoms with Crippen molar-refractivity contribution in [3.8, 4) is 11.1 Å². The zero-order valence-electron chi connectivity index (χ0n) is 21.3. The Labute approximate surface area is 229 Å². The van der Waals surface area contributed by atoms with Crippen molar-refractivity contribution < 1.29 is 23.2 Å². The molecule has 0 fully saturated rings. The van der Waals surface area contributed by atoms with Gasteiger partial charge in [-0.2, -0.15) is 0 Å². The molecule has 1 heterocycles. The molecule has 0 spiro atoms. The minimum atomic E-state index is -3.36. The molecule has 0 unspecified atom stereocenters. The Morgan fingerprint density at radius 2 is 1.43 bits per heavy atom. The van der Waals surface area contributed by atoms with E-state index in [1.165, 1.54) is 23.1 Å². The first-order valence-electron chi connectivity index (χ1n) is 12.6. The molecular formula is C32H25F2N3O3. The second-order valence-corrected chi connectivity index (χ2v) is 9.33. The van der Waals surface area contributed by atoms with Crippen molar-refractivity contribution in [3.05, 3.63) is 126 Å². The Balaban J connectivity index is 1.39. The minimum absolute atomic E-state index is 0.0677. The molecule has 0 aliphatic carbocycles. The third kappa shape index (κ3) is 5.37. The number of halogens is 2. The number of fused-ring (bicyclic) bond motifs is 1. The van der Waals surface area contributed by atoms with Crippen LogP contribution in [0.3, 0.4) is 0 Å². The van der Waals surface area contributed by atoms with Gasteiger partial charge in [0.15, 0.2) is 0 Å². The third-order valence-corrected chi connectivity index (χ3v) is 6.71. The largest absolute Gasteiger partial charge is 0.366 e. The van der Waals surface area contributed by atoms with Gasteiger partial charge in [0.25, 0.3) is 17.7 Å². The summed E-state index contributed by atoms with van der Waals surface area (Å²) in [6.07, 6.45) is 0.0434. The van der Waals surface area contributed by atoms with Gasteiger partial charge in [-0.1, -0.05) is 66.7 Å². The van der Waals surface area contributed by atoms with Crippen LogP contribution in [0, 0.1) is 0 Å². The van der Waals surface area contributed by atoms with Gasteiger partial charge in [0.1, 0.15) is 0 Å². The standard InChI is InChI=1S/C32H25F2N3O3/c33-32(34)18-19-37(28-13-7-6-12-26(28)27(32)20-29(35)38)31(40)22-14-16-23(17-15-22)36-30(39)25-11-5-4-10-24(25)21-8-2-1-3-9-21/h1-17,20H,18-19H2,(H2,35,38)(H,36,39)/b27-20-. The Morgan fingerprint density at radius 1 is 0.800 bits per heavy atom. The first kappa shape index (κ1) is 26.5. The van der Waals surface area contributed by atoms with E-state index in [4.69, 9.17) is 5.73 Å². The van der Waals surface area contributed by atoms with Crippen LogP contribution in [-0.4, -0.2) is 30.2 Å². The monoisotopic (exact) mass is 537 g/mol. The number of rotatable bonds is 5. The lowest BCUT2D eigenvalue weighted by molar-refractivity contribution is -0.113. The Kier molecular flexibility index (Phi) is 7.25. The molecule has 0 saturated carbocycles. The average molecular weight is 538 g/mol. The zero-order valence-corrected chi connectivity index (χ0v) is 21.3. The van der Waals surface area contributed by atoms with Gasteiger partial charge >= 0.3 is 0 Å². The molecule has 0 atom stereocenters. The summed E-state index contributed by atoms with van der Waals surface area (Å²) < 4.78 is 30.0. The van der Waals surface area contributed by atoms with Crippen molar-refractivity contribution in [2.75, 3.05) is 16.8 Å². The number of alkyl halides is 2. The molecule has 4 aromatic rings. The van der Waals surface area contributed by atoms with Gasteiger partial charge in [-0.15, -0.1) is 0 Å². The Morgan fingerprint density at radius 3 is 2.12 bits per heavy atom. The second-order valence-electron chi connectivity index (χ2n) is 9.33. The average Bonchev–Trinajstić information content (AvgIpc) is 3.07. The van der Waals surface area contributed by atoms with Crippen LogP contribution in [0.5, 0.6) is 0 Å². The highest BCUT2D eigenvalue weighted by Gasteiger charge is 2.41. The quantitative estimate of drug-likeness (QED) is 0.299. The molecule has 1 aliphatic heterocycles. The van der Waals surface area contributed by atoms with Gasteiger partial charge in [0, 0.05) is 47.0 Å². The summed E-state index contributed by atoms with van der Waals surface area (Å²) in [6.45, 7) is -0.270. The Hall–Kier alpha value is -5.11. The van der Waals surface area contributed by atoms with Crippen molar-refractivity contribution in [1.82, 2.24) is 0 Å². The molecule has 8 heteroatoms. The Bertz CT molecular complexity index is 1620. The van der Waals surface area contributed by atoms with Crippen LogP contribution in [0.25, 0.3) is 16.7 Å². The molecule has 0 radical (unpaired) electrons. The van der Waals surface area contributed by atoms with Crippen LogP contribution in [0.15, 0.2) is 109 Å². The number of nitrogens with one attached hydrogen (secondary N) is 1. The van der Waals surface area contributed by atoms with Gasteiger partial charge < -0.3 is 16.0 Å². The summed E-state index contributed by atoms with van der Waals surface area (Å²) in [4.78, 5) is 39.4. The van der Waals surface area contributed by atoms with Crippen LogP contribution in [0.4, 0.5) is 20.2 Å². The number of carbonyl (C=O) groups excluding carboxylic acids is 3. The maximum Gasteiger partial charge on any atom is 0.275 e. The number of nitrogens with two attached hydrogens (primary N) is 1. The molecular weight excluding hydrogens is 512 g/mol. The maximum absolute atomic E-state index is 15.0. The van der Waals surface area contributed by atoms with E-state index in [2.05, 4.69) is 5.32 Å². The number of carbonyl (C=O) groups is 3. The second kappa shape index (κ2) is 10.9. The normalized spacial score (nSPS) is 15.2. The van der Waals surface area contributed by atoms with E-state index in [9.17, 15) is 14.4 Å². The van der Waals surface area contributed by atoms with E-state index in [0.29, 0.717) is 11.3 Å². The number of primary amides is 1. The smallest absolute Gasteiger partial charge is 0.275 e. The molecule has 4 aromatic carbocycles. The minimum Gasteiger partial charge on any atom is -0.366 e. The van der Waals surface area contributed by atoms with Crippen LogP contribution in [0.1, 0.15) is 32.7 Å². The lowest BCUT2D eigenvalue weighted by Gasteiger charge is -2.23. The lowest BCUT2D eigenvalue weighted by atomic mass is 9.97. The number of anilines is 2. The molecule has 3 amide bonds. The zero-order chi connectivity index (χ0) is 28.3. The number of hydrogen-bond acceptors (Lipinski definition) is 3. The van der Waals surface area contributed by atoms with Crippen LogP contribution in [-0.2, 0) is 4.79 Å². The van der Waals surface area contributed by atoms with E-state index >= 15 is 8.78 Å². The molecule has 0 aromatic heterocycles. The van der Waals surface area contributed by atoms with E-state index in [1.54, 1.807) is 42.5 Å². The molecule has 200 valence electrons. The van der Waals surface area contributed by atoms with Crippen LogP contribution >= 0.6 is 0 Å².